The van der Waals surface area contributed by atoms with Crippen LogP contribution in [0.1, 0.15) is 33.6 Å². The van der Waals surface area contributed by atoms with Crippen LogP contribution < -0.4 is 16.0 Å². The third-order valence-corrected chi connectivity index (χ3v) is 4.28. The van der Waals surface area contributed by atoms with Crippen molar-refractivity contribution in [2.75, 3.05) is 12.8 Å². The lowest BCUT2D eigenvalue weighted by Gasteiger charge is -2.17. The second kappa shape index (κ2) is 11.5. The molecule has 0 spiro atoms. The zero-order valence-corrected chi connectivity index (χ0v) is 15.6. The van der Waals surface area contributed by atoms with E-state index in [9.17, 15) is 24.0 Å². The van der Waals surface area contributed by atoms with Crippen LogP contribution in [0.15, 0.2) is 0 Å². The first kappa shape index (κ1) is 22.9. The molecule has 0 aromatic rings. The summed E-state index contributed by atoms with van der Waals surface area (Å²) >= 11 is 1.11. The molecule has 25 heavy (non-hydrogen) atoms. The first-order valence-corrected chi connectivity index (χ1v) is 8.99. The second-order valence-corrected chi connectivity index (χ2v) is 6.53. The molecule has 0 aromatic heterocycles. The van der Waals surface area contributed by atoms with Gasteiger partial charge in [0.15, 0.2) is 5.78 Å². The number of thioether (sulfide) groups is 1. The Morgan fingerprint density at radius 1 is 1.00 bits per heavy atom. The topological polar surface area (TPSA) is 142 Å². The number of nitrogens with one attached hydrogen (secondary N) is 3. The van der Waals surface area contributed by atoms with E-state index < -0.39 is 41.0 Å². The van der Waals surface area contributed by atoms with Crippen LogP contribution in [0.25, 0.3) is 0 Å². The SMILES string of the molecule is CSC(CC(=O)O)C(=O)NCCC(=O)N[C@@H](C)C(=O)N[C@@H](C)C(C)=O. The van der Waals surface area contributed by atoms with Crippen LogP contribution in [-0.4, -0.2) is 64.7 Å². The summed E-state index contributed by atoms with van der Waals surface area (Å²) in [7, 11) is 0. The molecule has 0 fully saturated rings. The first-order chi connectivity index (χ1) is 11.6. The first-order valence-electron chi connectivity index (χ1n) is 7.71. The molecule has 0 aliphatic carbocycles. The van der Waals surface area contributed by atoms with Crippen LogP contribution in [0.4, 0.5) is 0 Å². The molecule has 4 N–H and O–H groups in total. The molecular formula is C15H25N3O6S. The number of carboxylic acid groups (broad SMARTS) is 1. The number of ketones is 1. The van der Waals surface area contributed by atoms with Crippen LogP contribution in [0.3, 0.4) is 0 Å². The van der Waals surface area contributed by atoms with Gasteiger partial charge < -0.3 is 21.1 Å². The van der Waals surface area contributed by atoms with Crippen LogP contribution in [0.2, 0.25) is 0 Å². The van der Waals surface area contributed by atoms with Gasteiger partial charge in [-0.15, -0.1) is 0 Å². The predicted octanol–water partition coefficient (Wildman–Crippen LogP) is -0.703. The Morgan fingerprint density at radius 2 is 1.60 bits per heavy atom. The van der Waals surface area contributed by atoms with E-state index in [1.807, 2.05) is 0 Å². The third kappa shape index (κ3) is 9.70. The van der Waals surface area contributed by atoms with Crippen molar-refractivity contribution >= 4 is 41.2 Å². The smallest absolute Gasteiger partial charge is 0.305 e. The molecule has 0 aliphatic rings. The molecule has 142 valence electrons. The lowest BCUT2D eigenvalue weighted by molar-refractivity contribution is -0.138. The Bertz CT molecular complexity index is 525. The number of carbonyl (C=O) groups excluding carboxylic acids is 4. The van der Waals surface area contributed by atoms with E-state index in [0.717, 1.165) is 11.8 Å². The van der Waals surface area contributed by atoms with E-state index in [1.165, 1.54) is 13.8 Å². The van der Waals surface area contributed by atoms with E-state index in [0.29, 0.717) is 0 Å². The Labute approximate surface area is 150 Å². The average molecular weight is 375 g/mol. The van der Waals surface area contributed by atoms with Gasteiger partial charge >= 0.3 is 5.97 Å². The van der Waals surface area contributed by atoms with Gasteiger partial charge in [-0.1, -0.05) is 0 Å². The summed E-state index contributed by atoms with van der Waals surface area (Å²) in [5.74, 6) is -2.66. The Balaban J connectivity index is 4.22. The molecule has 3 amide bonds. The predicted molar refractivity (Wildman–Crippen MR) is 93.1 cm³/mol. The Kier molecular flexibility index (Phi) is 10.5. The summed E-state index contributed by atoms with van der Waals surface area (Å²) in [5.41, 5.74) is 0. The van der Waals surface area contributed by atoms with Crippen molar-refractivity contribution in [1.82, 2.24) is 16.0 Å². The van der Waals surface area contributed by atoms with Gasteiger partial charge in [-0.05, 0) is 27.0 Å². The van der Waals surface area contributed by atoms with Crippen molar-refractivity contribution in [3.63, 3.8) is 0 Å². The molecule has 0 aliphatic heterocycles. The minimum atomic E-state index is -1.08. The van der Waals surface area contributed by atoms with Crippen LogP contribution in [0.5, 0.6) is 0 Å². The normalized spacial score (nSPS) is 13.9. The number of hydrogen-bond donors (Lipinski definition) is 4. The number of hydrogen-bond acceptors (Lipinski definition) is 6. The van der Waals surface area contributed by atoms with Crippen molar-refractivity contribution in [3.05, 3.63) is 0 Å². The van der Waals surface area contributed by atoms with E-state index in [1.54, 1.807) is 13.2 Å². The van der Waals surface area contributed by atoms with Crippen LogP contribution in [-0.2, 0) is 24.0 Å². The molecule has 0 radical (unpaired) electrons. The van der Waals surface area contributed by atoms with Crippen molar-refractivity contribution in [2.24, 2.45) is 0 Å². The van der Waals surface area contributed by atoms with E-state index >= 15 is 0 Å². The van der Waals surface area contributed by atoms with Gasteiger partial charge in [0.05, 0.1) is 17.7 Å². The van der Waals surface area contributed by atoms with Gasteiger partial charge in [-0.25, -0.2) is 0 Å². The summed E-state index contributed by atoms with van der Waals surface area (Å²) in [6.45, 7) is 4.40. The molecule has 10 heteroatoms. The van der Waals surface area contributed by atoms with Gasteiger partial charge in [0.2, 0.25) is 17.7 Å². The molecular weight excluding hydrogens is 350 g/mol. The molecule has 0 heterocycles. The zero-order chi connectivity index (χ0) is 19.6. The molecule has 0 aromatic carbocycles. The largest absolute Gasteiger partial charge is 0.481 e. The van der Waals surface area contributed by atoms with Gasteiger partial charge in [0.1, 0.15) is 6.04 Å². The van der Waals surface area contributed by atoms with E-state index in [2.05, 4.69) is 16.0 Å². The number of carboxylic acids is 1. The monoisotopic (exact) mass is 375 g/mol. The quantitative estimate of drug-likeness (QED) is 0.374. The Hall–Kier alpha value is -2.10. The average Bonchev–Trinajstić information content (AvgIpc) is 2.51. The standard InChI is InChI=1S/C15H25N3O6S/c1-8(10(3)19)18-14(23)9(2)17-12(20)5-6-16-15(24)11(25-4)7-13(21)22/h8-9,11H,5-7H2,1-4H3,(H,16,24)(H,17,20)(H,18,23)(H,21,22)/t8-,9-,11?/m0/s1. The van der Waals surface area contributed by atoms with E-state index in [-0.39, 0.29) is 25.2 Å². The van der Waals surface area contributed by atoms with E-state index in [4.69, 9.17) is 5.11 Å². The Morgan fingerprint density at radius 3 is 2.08 bits per heavy atom. The minimum absolute atomic E-state index is 0.0273. The highest BCUT2D eigenvalue weighted by molar-refractivity contribution is 7.99. The van der Waals surface area contributed by atoms with Gasteiger partial charge in [-0.2, -0.15) is 11.8 Å². The van der Waals surface area contributed by atoms with Crippen molar-refractivity contribution in [1.29, 1.82) is 0 Å². The van der Waals surface area contributed by atoms with Gasteiger partial charge in [-0.3, -0.25) is 24.0 Å². The molecule has 3 atom stereocenters. The highest BCUT2D eigenvalue weighted by Gasteiger charge is 2.21. The highest BCUT2D eigenvalue weighted by atomic mass is 32.2. The summed E-state index contributed by atoms with van der Waals surface area (Å²) < 4.78 is 0. The van der Waals surface area contributed by atoms with Crippen LogP contribution in [0, 0.1) is 0 Å². The maximum atomic E-state index is 11.8. The fourth-order valence-corrected chi connectivity index (χ4v) is 2.28. The van der Waals surface area contributed by atoms with Gasteiger partial charge in [0, 0.05) is 13.0 Å². The number of amides is 3. The molecule has 0 rings (SSSR count). The molecule has 0 saturated carbocycles. The number of Topliss-reactive ketones (excluding diaryl/α,β-unsaturated/α-hetero) is 1. The lowest BCUT2D eigenvalue weighted by Crippen LogP contribution is -2.49. The van der Waals surface area contributed by atoms with Crippen molar-refractivity contribution < 1.29 is 29.1 Å². The maximum absolute atomic E-state index is 11.8. The fraction of sp³-hybridized carbons (Fsp3) is 0.667. The summed E-state index contributed by atoms with van der Waals surface area (Å²) in [6.07, 6.45) is 1.27. The number of rotatable bonds is 11. The van der Waals surface area contributed by atoms with Crippen LogP contribution >= 0.6 is 11.8 Å². The lowest BCUT2D eigenvalue weighted by atomic mass is 10.2. The number of carbonyl (C=O) groups is 5. The highest BCUT2D eigenvalue weighted by Crippen LogP contribution is 2.10. The number of aliphatic carboxylic acids is 1. The minimum Gasteiger partial charge on any atom is -0.481 e. The summed E-state index contributed by atoms with van der Waals surface area (Å²) in [4.78, 5) is 57.1. The molecule has 0 bridgehead atoms. The fourth-order valence-electron chi connectivity index (χ4n) is 1.67. The zero-order valence-electron chi connectivity index (χ0n) is 14.8. The van der Waals surface area contributed by atoms with Crippen molar-refractivity contribution in [2.45, 2.75) is 50.9 Å². The summed E-state index contributed by atoms with van der Waals surface area (Å²) in [6, 6.07) is -1.46. The van der Waals surface area contributed by atoms with Crippen molar-refractivity contribution in [3.8, 4) is 0 Å². The maximum Gasteiger partial charge on any atom is 0.305 e. The molecule has 0 saturated heterocycles. The second-order valence-electron chi connectivity index (χ2n) is 5.49. The van der Waals surface area contributed by atoms with Gasteiger partial charge in [0.25, 0.3) is 0 Å². The summed E-state index contributed by atoms with van der Waals surface area (Å²) in [5, 5.41) is 15.4. The molecule has 9 nitrogen and oxygen atoms in total. The third-order valence-electron chi connectivity index (χ3n) is 3.33. The molecule has 1 unspecified atom stereocenters.